The zero-order valence-corrected chi connectivity index (χ0v) is 10.9. The highest BCUT2D eigenvalue weighted by Crippen LogP contribution is 2.27. The van der Waals surface area contributed by atoms with E-state index in [1.165, 1.54) is 0 Å². The molecule has 1 fully saturated rings. The van der Waals surface area contributed by atoms with Crippen molar-refractivity contribution >= 4 is 23.2 Å². The molecular weight excluding hydrogens is 236 g/mol. The zero-order chi connectivity index (χ0) is 12.6. The quantitative estimate of drug-likeness (QED) is 0.781. The standard InChI is InChI=1S/C13H17ClN2O/c1-8-6-16(7-9(8)2)13(17)10-4-3-5-11(14)12(10)15/h3-5,8-9H,6-7,15H2,1-2H3. The molecule has 1 aromatic carbocycles. The number of nitrogens with zero attached hydrogens (tertiary/aromatic N) is 1. The maximum Gasteiger partial charge on any atom is 0.256 e. The van der Waals surface area contributed by atoms with Gasteiger partial charge in [-0.2, -0.15) is 0 Å². The van der Waals surface area contributed by atoms with Gasteiger partial charge in [0.25, 0.3) is 5.91 Å². The molecule has 1 heterocycles. The summed E-state index contributed by atoms with van der Waals surface area (Å²) in [6.07, 6.45) is 0. The van der Waals surface area contributed by atoms with E-state index in [0.717, 1.165) is 13.1 Å². The summed E-state index contributed by atoms with van der Waals surface area (Å²) in [6, 6.07) is 5.19. The molecule has 0 radical (unpaired) electrons. The Kier molecular flexibility index (Phi) is 3.29. The molecule has 1 amide bonds. The minimum absolute atomic E-state index is 0.0128. The van der Waals surface area contributed by atoms with Crippen molar-refractivity contribution in [2.24, 2.45) is 11.8 Å². The van der Waals surface area contributed by atoms with Crippen molar-refractivity contribution in [3.05, 3.63) is 28.8 Å². The van der Waals surface area contributed by atoms with Crippen LogP contribution < -0.4 is 5.73 Å². The highest BCUT2D eigenvalue weighted by atomic mass is 35.5. The van der Waals surface area contributed by atoms with Crippen LogP contribution in [0.15, 0.2) is 18.2 Å². The van der Waals surface area contributed by atoms with Gasteiger partial charge < -0.3 is 10.6 Å². The van der Waals surface area contributed by atoms with Crippen molar-refractivity contribution in [2.45, 2.75) is 13.8 Å². The fourth-order valence-corrected chi connectivity index (χ4v) is 2.36. The van der Waals surface area contributed by atoms with Crippen molar-refractivity contribution in [3.8, 4) is 0 Å². The van der Waals surface area contributed by atoms with Gasteiger partial charge in [0.2, 0.25) is 0 Å². The molecule has 1 aromatic rings. The first kappa shape index (κ1) is 12.2. The van der Waals surface area contributed by atoms with Gasteiger partial charge in [0.05, 0.1) is 16.3 Å². The van der Waals surface area contributed by atoms with Crippen molar-refractivity contribution < 1.29 is 4.79 Å². The SMILES string of the molecule is CC1CN(C(=O)c2cccc(Cl)c2N)CC1C. The predicted molar refractivity (Wildman–Crippen MR) is 70.1 cm³/mol. The molecule has 0 bridgehead atoms. The van der Waals surface area contributed by atoms with E-state index in [4.69, 9.17) is 17.3 Å². The maximum absolute atomic E-state index is 12.3. The zero-order valence-electron chi connectivity index (χ0n) is 10.1. The van der Waals surface area contributed by atoms with Crippen molar-refractivity contribution in [1.82, 2.24) is 4.90 Å². The summed E-state index contributed by atoms with van der Waals surface area (Å²) in [5.74, 6) is 1.07. The van der Waals surface area contributed by atoms with Gasteiger partial charge in [-0.05, 0) is 24.0 Å². The lowest BCUT2D eigenvalue weighted by molar-refractivity contribution is 0.0786. The van der Waals surface area contributed by atoms with Crippen LogP contribution in [-0.4, -0.2) is 23.9 Å². The number of amides is 1. The summed E-state index contributed by atoms with van der Waals surface area (Å²) in [7, 11) is 0. The van der Waals surface area contributed by atoms with Gasteiger partial charge in [0.15, 0.2) is 0 Å². The van der Waals surface area contributed by atoms with E-state index in [0.29, 0.717) is 28.1 Å². The van der Waals surface area contributed by atoms with Crippen LogP contribution in [0, 0.1) is 11.8 Å². The number of nitrogen functional groups attached to an aromatic ring is 1. The Morgan fingerprint density at radius 1 is 1.35 bits per heavy atom. The highest BCUT2D eigenvalue weighted by molar-refractivity contribution is 6.33. The molecule has 2 rings (SSSR count). The molecule has 1 saturated heterocycles. The summed E-state index contributed by atoms with van der Waals surface area (Å²) in [6.45, 7) is 5.93. The molecule has 17 heavy (non-hydrogen) atoms. The van der Waals surface area contributed by atoms with Crippen molar-refractivity contribution in [3.63, 3.8) is 0 Å². The number of likely N-dealkylation sites (tertiary alicyclic amines) is 1. The van der Waals surface area contributed by atoms with Crippen LogP contribution in [0.1, 0.15) is 24.2 Å². The second-order valence-electron chi connectivity index (χ2n) is 4.87. The van der Waals surface area contributed by atoms with Gasteiger partial charge >= 0.3 is 0 Å². The fourth-order valence-electron chi connectivity index (χ4n) is 2.19. The van der Waals surface area contributed by atoms with E-state index in [1.807, 2.05) is 4.90 Å². The minimum atomic E-state index is -0.0128. The van der Waals surface area contributed by atoms with Gasteiger partial charge in [-0.3, -0.25) is 4.79 Å². The second-order valence-corrected chi connectivity index (χ2v) is 5.27. The smallest absolute Gasteiger partial charge is 0.256 e. The van der Waals surface area contributed by atoms with E-state index < -0.39 is 0 Å². The summed E-state index contributed by atoms with van der Waals surface area (Å²) >= 11 is 5.93. The van der Waals surface area contributed by atoms with Gasteiger partial charge in [0.1, 0.15) is 0 Å². The number of nitrogens with two attached hydrogens (primary N) is 1. The Bertz CT molecular complexity index is 437. The summed E-state index contributed by atoms with van der Waals surface area (Å²) in [5, 5.41) is 0.441. The monoisotopic (exact) mass is 252 g/mol. The first-order valence-electron chi connectivity index (χ1n) is 5.84. The van der Waals surface area contributed by atoms with Crippen LogP contribution in [0.25, 0.3) is 0 Å². The summed E-state index contributed by atoms with van der Waals surface area (Å²) in [4.78, 5) is 14.2. The second kappa shape index (κ2) is 4.57. The molecule has 2 N–H and O–H groups in total. The normalized spacial score (nSPS) is 24.1. The Morgan fingerprint density at radius 2 is 1.94 bits per heavy atom. The molecule has 2 atom stereocenters. The average molecular weight is 253 g/mol. The lowest BCUT2D eigenvalue weighted by atomic mass is 10.0. The molecule has 2 unspecified atom stereocenters. The van der Waals surface area contributed by atoms with E-state index in [2.05, 4.69) is 13.8 Å². The molecule has 92 valence electrons. The van der Waals surface area contributed by atoms with Crippen molar-refractivity contribution in [1.29, 1.82) is 0 Å². The largest absolute Gasteiger partial charge is 0.397 e. The van der Waals surface area contributed by atoms with E-state index in [9.17, 15) is 4.79 Å². The number of anilines is 1. The van der Waals surface area contributed by atoms with Gasteiger partial charge in [-0.15, -0.1) is 0 Å². The first-order valence-corrected chi connectivity index (χ1v) is 6.21. The number of halogens is 1. The van der Waals surface area contributed by atoms with Gasteiger partial charge in [0, 0.05) is 13.1 Å². The summed E-state index contributed by atoms with van der Waals surface area (Å²) in [5.41, 5.74) is 6.73. The van der Waals surface area contributed by atoms with Gasteiger partial charge in [-0.1, -0.05) is 31.5 Å². The molecule has 4 heteroatoms. The third kappa shape index (κ3) is 2.25. The third-order valence-electron chi connectivity index (χ3n) is 3.56. The number of carbonyl (C=O) groups excluding carboxylic acids is 1. The minimum Gasteiger partial charge on any atom is -0.397 e. The Balaban J connectivity index is 2.24. The lowest BCUT2D eigenvalue weighted by Crippen LogP contribution is -2.29. The topological polar surface area (TPSA) is 46.3 Å². The van der Waals surface area contributed by atoms with Crippen LogP contribution >= 0.6 is 11.6 Å². The average Bonchev–Trinajstić information content (AvgIpc) is 2.62. The Hall–Kier alpha value is -1.22. The molecule has 3 nitrogen and oxygen atoms in total. The number of hydrogen-bond donors (Lipinski definition) is 1. The maximum atomic E-state index is 12.3. The number of carbonyl (C=O) groups is 1. The number of hydrogen-bond acceptors (Lipinski definition) is 2. The van der Waals surface area contributed by atoms with E-state index >= 15 is 0 Å². The molecule has 0 aliphatic carbocycles. The van der Waals surface area contributed by atoms with Crippen LogP contribution in [0.3, 0.4) is 0 Å². The molecule has 1 aliphatic rings. The molecular formula is C13H17ClN2O. The molecule has 1 aliphatic heterocycles. The van der Waals surface area contributed by atoms with E-state index in [1.54, 1.807) is 18.2 Å². The Morgan fingerprint density at radius 3 is 2.53 bits per heavy atom. The first-order chi connectivity index (χ1) is 8.00. The van der Waals surface area contributed by atoms with Crippen LogP contribution in [-0.2, 0) is 0 Å². The fraction of sp³-hybridized carbons (Fsp3) is 0.462. The van der Waals surface area contributed by atoms with Crippen LogP contribution in [0.2, 0.25) is 5.02 Å². The number of benzene rings is 1. The lowest BCUT2D eigenvalue weighted by Gasteiger charge is -2.17. The third-order valence-corrected chi connectivity index (χ3v) is 3.89. The molecule has 0 saturated carbocycles. The number of rotatable bonds is 1. The molecule has 0 aromatic heterocycles. The van der Waals surface area contributed by atoms with Crippen LogP contribution in [0.4, 0.5) is 5.69 Å². The van der Waals surface area contributed by atoms with E-state index in [-0.39, 0.29) is 5.91 Å². The highest BCUT2D eigenvalue weighted by Gasteiger charge is 2.30. The van der Waals surface area contributed by atoms with Gasteiger partial charge in [-0.25, -0.2) is 0 Å². The van der Waals surface area contributed by atoms with Crippen molar-refractivity contribution in [2.75, 3.05) is 18.8 Å². The Labute approximate surface area is 107 Å². The number of para-hydroxylation sites is 1. The predicted octanol–water partition coefficient (Wildman–Crippen LogP) is 2.65. The van der Waals surface area contributed by atoms with Crippen LogP contribution in [0.5, 0.6) is 0 Å². The summed E-state index contributed by atoms with van der Waals surface area (Å²) < 4.78 is 0. The molecule has 0 spiro atoms.